The Hall–Kier alpha value is -1.43. The van der Waals surface area contributed by atoms with Crippen molar-refractivity contribution in [2.75, 3.05) is 0 Å². The molecule has 0 aliphatic rings. The average molecular weight is 252 g/mol. The molecule has 5 nitrogen and oxygen atoms in total. The Labute approximate surface area is 105 Å². The average Bonchev–Trinajstić information content (AvgIpc) is 2.83. The number of aryl methyl sites for hydroxylation is 1. The monoisotopic (exact) mass is 252 g/mol. The Balaban J connectivity index is 2.21. The molecule has 1 N–H and O–H groups in total. The number of imidazole rings is 1. The van der Waals surface area contributed by atoms with E-state index in [4.69, 9.17) is 16.7 Å². The molecule has 0 aliphatic carbocycles. The van der Waals surface area contributed by atoms with Crippen molar-refractivity contribution in [1.82, 2.24) is 19.7 Å². The van der Waals surface area contributed by atoms with Crippen molar-refractivity contribution in [2.45, 2.75) is 39.2 Å². The van der Waals surface area contributed by atoms with Crippen LogP contribution in [0, 0.1) is 4.77 Å². The van der Waals surface area contributed by atoms with Crippen LogP contribution >= 0.6 is 12.2 Å². The maximum Gasteiger partial charge on any atom is 0.228 e. The number of rotatable bonds is 3. The van der Waals surface area contributed by atoms with Gasteiger partial charge >= 0.3 is 0 Å². The van der Waals surface area contributed by atoms with Crippen LogP contribution < -0.4 is 0 Å². The topological polar surface area (TPSA) is 59.6 Å². The normalized spacial score (nSPS) is 11.9. The van der Waals surface area contributed by atoms with Crippen LogP contribution in [0.1, 0.15) is 32.4 Å². The number of hydrogen-bond acceptors (Lipinski definition) is 4. The smallest absolute Gasteiger partial charge is 0.228 e. The molecule has 0 spiro atoms. The van der Waals surface area contributed by atoms with E-state index >= 15 is 0 Å². The van der Waals surface area contributed by atoms with Gasteiger partial charge in [0.25, 0.3) is 0 Å². The van der Waals surface area contributed by atoms with Gasteiger partial charge in [-0.1, -0.05) is 25.9 Å². The van der Waals surface area contributed by atoms with Crippen molar-refractivity contribution in [3.63, 3.8) is 0 Å². The summed E-state index contributed by atoms with van der Waals surface area (Å²) in [4.78, 5) is 7.09. The van der Waals surface area contributed by atoms with Gasteiger partial charge in [-0.3, -0.25) is 0 Å². The van der Waals surface area contributed by atoms with Gasteiger partial charge in [-0.15, -0.1) is 0 Å². The molecule has 17 heavy (non-hydrogen) atoms. The van der Waals surface area contributed by atoms with Gasteiger partial charge in [-0.2, -0.15) is 4.98 Å². The minimum atomic E-state index is 0.0579. The zero-order valence-electron chi connectivity index (χ0n) is 10.2. The first-order valence-electron chi connectivity index (χ1n) is 5.53. The number of nitrogens with zero attached hydrogens (tertiary/aromatic N) is 3. The van der Waals surface area contributed by atoms with Gasteiger partial charge in [0.05, 0.1) is 0 Å². The predicted octanol–water partition coefficient (Wildman–Crippen LogP) is 2.47. The first kappa shape index (κ1) is 12.0. The summed E-state index contributed by atoms with van der Waals surface area (Å²) in [7, 11) is 0. The summed E-state index contributed by atoms with van der Waals surface area (Å²) in [5.41, 5.74) is 1.24. The van der Waals surface area contributed by atoms with Gasteiger partial charge in [0.15, 0.2) is 11.1 Å². The van der Waals surface area contributed by atoms with Crippen molar-refractivity contribution in [1.29, 1.82) is 0 Å². The molecule has 2 heterocycles. The molecule has 0 saturated carbocycles. The summed E-state index contributed by atoms with van der Waals surface area (Å²) < 4.78 is 7.79. The van der Waals surface area contributed by atoms with Crippen LogP contribution in [0.3, 0.4) is 0 Å². The molecule has 2 aromatic heterocycles. The minimum absolute atomic E-state index is 0.0579. The molecule has 0 saturated heterocycles. The lowest BCUT2D eigenvalue weighted by Gasteiger charge is -2.20. The lowest BCUT2D eigenvalue weighted by molar-refractivity contribution is 0.368. The molecule has 92 valence electrons. The van der Waals surface area contributed by atoms with E-state index < -0.39 is 0 Å². The molecule has 6 heteroatoms. The number of nitrogens with one attached hydrogen (secondary N) is 1. The Morgan fingerprint density at radius 2 is 2.24 bits per heavy atom. The molecule has 0 aliphatic heterocycles. The summed E-state index contributed by atoms with van der Waals surface area (Å²) in [6.07, 6.45) is 4.07. The van der Waals surface area contributed by atoms with Crippen molar-refractivity contribution in [2.24, 2.45) is 0 Å². The van der Waals surface area contributed by atoms with Crippen LogP contribution in [0.4, 0.5) is 0 Å². The first-order valence-corrected chi connectivity index (χ1v) is 5.93. The molecule has 2 rings (SSSR count). The third-order valence-electron chi connectivity index (χ3n) is 2.59. The molecule has 0 fully saturated rings. The molecule has 0 aromatic carbocycles. The second kappa shape index (κ2) is 4.44. The van der Waals surface area contributed by atoms with Crippen LogP contribution in [-0.2, 0) is 18.4 Å². The van der Waals surface area contributed by atoms with Crippen LogP contribution in [0.15, 0.2) is 17.0 Å². The van der Waals surface area contributed by atoms with E-state index in [1.807, 2.05) is 6.20 Å². The number of aromatic nitrogens is 4. The molecular formula is C11H16N4OS. The van der Waals surface area contributed by atoms with Gasteiger partial charge in [0.2, 0.25) is 5.89 Å². The SMILES string of the molecule is CC(C)(C)c1c[nH]c(=S)n1CCc1ncno1. The van der Waals surface area contributed by atoms with Crippen LogP contribution in [0.5, 0.6) is 0 Å². The first-order chi connectivity index (χ1) is 7.98. The second-order valence-electron chi connectivity index (χ2n) is 4.97. The van der Waals surface area contributed by atoms with Crippen molar-refractivity contribution in [3.05, 3.63) is 28.9 Å². The lowest BCUT2D eigenvalue weighted by Crippen LogP contribution is -2.18. The van der Waals surface area contributed by atoms with Crippen LogP contribution in [0.25, 0.3) is 0 Å². The maximum absolute atomic E-state index is 5.28. The van der Waals surface area contributed by atoms with E-state index in [0.717, 1.165) is 11.3 Å². The third-order valence-corrected chi connectivity index (χ3v) is 2.93. The Kier molecular flexibility index (Phi) is 3.15. The van der Waals surface area contributed by atoms with E-state index in [1.54, 1.807) is 0 Å². The summed E-state index contributed by atoms with van der Waals surface area (Å²) in [6, 6.07) is 0. The second-order valence-corrected chi connectivity index (χ2v) is 5.35. The quantitative estimate of drug-likeness (QED) is 0.852. The van der Waals surface area contributed by atoms with Gasteiger partial charge in [-0.25, -0.2) is 0 Å². The van der Waals surface area contributed by atoms with Crippen LogP contribution in [0.2, 0.25) is 0 Å². The summed E-state index contributed by atoms with van der Waals surface area (Å²) >= 11 is 5.28. The molecule has 0 unspecified atom stereocenters. The van der Waals surface area contributed by atoms with E-state index in [0.29, 0.717) is 12.3 Å². The highest BCUT2D eigenvalue weighted by atomic mass is 32.1. The number of hydrogen-bond donors (Lipinski definition) is 1. The number of aromatic amines is 1. The Morgan fingerprint density at radius 1 is 1.47 bits per heavy atom. The summed E-state index contributed by atoms with van der Waals surface area (Å²) in [5, 5.41) is 3.59. The standard InChI is InChI=1S/C11H16N4OS/c1-11(2,3)8-6-12-10(17)15(8)5-4-9-13-7-14-16-9/h6-7H,4-5H2,1-3H3,(H,12,17). The molecule has 0 bridgehead atoms. The lowest BCUT2D eigenvalue weighted by atomic mass is 9.92. The van der Waals surface area contributed by atoms with Crippen molar-refractivity contribution < 1.29 is 4.52 Å². The maximum atomic E-state index is 5.28. The molecule has 0 radical (unpaired) electrons. The highest BCUT2D eigenvalue weighted by Gasteiger charge is 2.19. The highest BCUT2D eigenvalue weighted by molar-refractivity contribution is 7.71. The molecular weight excluding hydrogens is 236 g/mol. The molecule has 2 aromatic rings. The fourth-order valence-corrected chi connectivity index (χ4v) is 2.00. The predicted molar refractivity (Wildman–Crippen MR) is 66.3 cm³/mol. The molecule has 0 amide bonds. The summed E-state index contributed by atoms with van der Waals surface area (Å²) in [5.74, 6) is 0.632. The highest BCUT2D eigenvalue weighted by Crippen LogP contribution is 2.22. The fraction of sp³-hybridized carbons (Fsp3) is 0.545. The van der Waals surface area contributed by atoms with Crippen LogP contribution in [-0.4, -0.2) is 19.7 Å². The van der Waals surface area contributed by atoms with E-state index in [1.165, 1.54) is 12.0 Å². The third kappa shape index (κ3) is 2.63. The van der Waals surface area contributed by atoms with Gasteiger partial charge in [0.1, 0.15) is 0 Å². The number of H-pyrrole nitrogens is 1. The van der Waals surface area contributed by atoms with Crippen molar-refractivity contribution >= 4 is 12.2 Å². The zero-order valence-corrected chi connectivity index (χ0v) is 11.0. The van der Waals surface area contributed by atoms with E-state index in [2.05, 4.69) is 40.5 Å². The summed E-state index contributed by atoms with van der Waals surface area (Å²) in [6.45, 7) is 7.23. The van der Waals surface area contributed by atoms with Gasteiger partial charge < -0.3 is 14.1 Å². The van der Waals surface area contributed by atoms with Crippen molar-refractivity contribution in [3.8, 4) is 0 Å². The Morgan fingerprint density at radius 3 is 2.82 bits per heavy atom. The van der Waals surface area contributed by atoms with Gasteiger partial charge in [0, 0.05) is 30.3 Å². The van der Waals surface area contributed by atoms with E-state index in [-0.39, 0.29) is 5.41 Å². The molecule has 0 atom stereocenters. The Bertz CT molecular complexity index is 533. The zero-order chi connectivity index (χ0) is 12.5. The fourth-order valence-electron chi connectivity index (χ4n) is 1.75. The minimum Gasteiger partial charge on any atom is -0.340 e. The largest absolute Gasteiger partial charge is 0.340 e. The van der Waals surface area contributed by atoms with Gasteiger partial charge in [-0.05, 0) is 12.2 Å². The van der Waals surface area contributed by atoms with E-state index in [9.17, 15) is 0 Å².